The lowest BCUT2D eigenvalue weighted by Gasteiger charge is -2.08. The summed E-state index contributed by atoms with van der Waals surface area (Å²) in [6, 6.07) is 0. The first-order chi connectivity index (χ1) is 7.81. The van der Waals surface area contributed by atoms with Crippen LogP contribution in [0.15, 0.2) is 0 Å². The maximum atomic E-state index is 11.8. The molecule has 2 heterocycles. The van der Waals surface area contributed by atoms with Gasteiger partial charge in [0.25, 0.3) is 5.91 Å². The molecule has 2 rings (SSSR count). The number of ether oxygens (including phenoxy) is 1. The van der Waals surface area contributed by atoms with E-state index in [1.807, 2.05) is 6.92 Å². The monoisotopic (exact) mass is 241 g/mol. The van der Waals surface area contributed by atoms with Crippen LogP contribution < -0.4 is 5.32 Å². The topological polar surface area (TPSA) is 64.1 Å². The van der Waals surface area contributed by atoms with Gasteiger partial charge >= 0.3 is 0 Å². The van der Waals surface area contributed by atoms with Crippen molar-refractivity contribution in [2.24, 2.45) is 5.92 Å². The van der Waals surface area contributed by atoms with Crippen LogP contribution in [0.1, 0.15) is 28.7 Å². The molecular formula is C10H15N3O2S. The molecule has 1 atom stereocenters. The molecule has 1 aromatic heterocycles. The van der Waals surface area contributed by atoms with Crippen LogP contribution in [-0.2, 0) is 11.2 Å². The number of nitrogens with zero attached hydrogens (tertiary/aromatic N) is 2. The summed E-state index contributed by atoms with van der Waals surface area (Å²) in [5, 5.41) is 6.83. The molecule has 16 heavy (non-hydrogen) atoms. The Morgan fingerprint density at radius 1 is 1.69 bits per heavy atom. The molecule has 0 aliphatic carbocycles. The van der Waals surface area contributed by atoms with E-state index in [1.54, 1.807) is 0 Å². The highest BCUT2D eigenvalue weighted by Crippen LogP contribution is 2.13. The number of aromatic nitrogens is 2. The first kappa shape index (κ1) is 11.5. The van der Waals surface area contributed by atoms with Crippen LogP contribution in [0.2, 0.25) is 0 Å². The van der Waals surface area contributed by atoms with Crippen molar-refractivity contribution >= 4 is 17.4 Å². The SMILES string of the molecule is CCc1nnsc1C(=O)NC[C@@H]1CCOC1. The van der Waals surface area contributed by atoms with E-state index in [4.69, 9.17) is 4.74 Å². The summed E-state index contributed by atoms with van der Waals surface area (Å²) in [4.78, 5) is 12.5. The van der Waals surface area contributed by atoms with Crippen molar-refractivity contribution in [2.75, 3.05) is 19.8 Å². The van der Waals surface area contributed by atoms with Crippen molar-refractivity contribution in [1.82, 2.24) is 14.9 Å². The van der Waals surface area contributed by atoms with E-state index in [0.29, 0.717) is 17.3 Å². The zero-order chi connectivity index (χ0) is 11.4. The largest absolute Gasteiger partial charge is 0.381 e. The minimum atomic E-state index is -0.0567. The molecule has 1 aromatic rings. The average Bonchev–Trinajstić information content (AvgIpc) is 2.96. The molecule has 1 saturated heterocycles. The highest BCUT2D eigenvalue weighted by atomic mass is 32.1. The zero-order valence-electron chi connectivity index (χ0n) is 9.23. The summed E-state index contributed by atoms with van der Waals surface area (Å²) in [6.45, 7) is 4.21. The van der Waals surface area contributed by atoms with E-state index in [2.05, 4.69) is 14.9 Å². The third kappa shape index (κ3) is 2.56. The molecule has 0 spiro atoms. The van der Waals surface area contributed by atoms with Gasteiger partial charge in [0, 0.05) is 19.1 Å². The molecule has 5 nitrogen and oxygen atoms in total. The Labute approximate surface area is 98.4 Å². The lowest BCUT2D eigenvalue weighted by Crippen LogP contribution is -2.29. The summed E-state index contributed by atoms with van der Waals surface area (Å²) in [6.07, 6.45) is 1.77. The summed E-state index contributed by atoms with van der Waals surface area (Å²) in [5.74, 6) is 0.397. The minimum Gasteiger partial charge on any atom is -0.381 e. The first-order valence-corrected chi connectivity index (χ1v) is 6.25. The van der Waals surface area contributed by atoms with Gasteiger partial charge < -0.3 is 10.1 Å². The van der Waals surface area contributed by atoms with Gasteiger partial charge in [-0.2, -0.15) is 0 Å². The number of aryl methyl sites for hydroxylation is 1. The molecule has 1 aliphatic rings. The second-order valence-corrected chi connectivity index (χ2v) is 4.60. The Kier molecular flexibility index (Phi) is 3.84. The predicted octanol–water partition coefficient (Wildman–Crippen LogP) is 0.867. The molecule has 88 valence electrons. The summed E-state index contributed by atoms with van der Waals surface area (Å²) in [7, 11) is 0. The quantitative estimate of drug-likeness (QED) is 0.849. The highest BCUT2D eigenvalue weighted by molar-refractivity contribution is 7.08. The smallest absolute Gasteiger partial charge is 0.264 e. The van der Waals surface area contributed by atoms with Crippen molar-refractivity contribution in [1.29, 1.82) is 0 Å². The maximum Gasteiger partial charge on any atom is 0.264 e. The van der Waals surface area contributed by atoms with Gasteiger partial charge in [0.05, 0.1) is 12.3 Å². The average molecular weight is 241 g/mol. The van der Waals surface area contributed by atoms with Gasteiger partial charge in [-0.15, -0.1) is 5.10 Å². The number of rotatable bonds is 4. The fourth-order valence-corrected chi connectivity index (χ4v) is 2.34. The minimum absolute atomic E-state index is 0.0567. The fourth-order valence-electron chi connectivity index (χ4n) is 1.67. The number of hydrogen-bond donors (Lipinski definition) is 1. The van der Waals surface area contributed by atoms with Gasteiger partial charge in [-0.25, -0.2) is 0 Å². The predicted molar refractivity (Wildman–Crippen MR) is 60.5 cm³/mol. The molecule has 0 aromatic carbocycles. The van der Waals surface area contributed by atoms with Gasteiger partial charge in [0.1, 0.15) is 4.88 Å². The Hall–Kier alpha value is -1.01. The molecule has 1 amide bonds. The molecule has 0 bridgehead atoms. The van der Waals surface area contributed by atoms with Crippen LogP contribution in [0.3, 0.4) is 0 Å². The molecule has 0 unspecified atom stereocenters. The van der Waals surface area contributed by atoms with Crippen LogP contribution in [0.25, 0.3) is 0 Å². The van der Waals surface area contributed by atoms with Crippen molar-refractivity contribution < 1.29 is 9.53 Å². The summed E-state index contributed by atoms with van der Waals surface area (Å²) in [5.41, 5.74) is 0.783. The number of amides is 1. The van der Waals surface area contributed by atoms with E-state index in [9.17, 15) is 4.79 Å². The van der Waals surface area contributed by atoms with E-state index < -0.39 is 0 Å². The standard InChI is InChI=1S/C10H15N3O2S/c1-2-8-9(16-13-12-8)10(14)11-5-7-3-4-15-6-7/h7H,2-6H2,1H3,(H,11,14)/t7-/m0/s1. The van der Waals surface area contributed by atoms with Gasteiger partial charge in [-0.1, -0.05) is 11.4 Å². The van der Waals surface area contributed by atoms with E-state index >= 15 is 0 Å². The molecule has 1 N–H and O–H groups in total. The van der Waals surface area contributed by atoms with Crippen molar-refractivity contribution in [3.63, 3.8) is 0 Å². The van der Waals surface area contributed by atoms with E-state index in [-0.39, 0.29) is 5.91 Å². The molecule has 0 saturated carbocycles. The normalized spacial score (nSPS) is 19.9. The molecule has 1 aliphatic heterocycles. The second kappa shape index (κ2) is 5.36. The lowest BCUT2D eigenvalue weighted by molar-refractivity contribution is 0.0948. The fraction of sp³-hybridized carbons (Fsp3) is 0.700. The van der Waals surface area contributed by atoms with E-state index in [1.165, 1.54) is 0 Å². The van der Waals surface area contributed by atoms with Gasteiger partial charge in [0.2, 0.25) is 0 Å². The number of carbonyl (C=O) groups is 1. The molecule has 0 radical (unpaired) electrons. The van der Waals surface area contributed by atoms with Gasteiger partial charge in [0.15, 0.2) is 0 Å². The number of hydrogen-bond acceptors (Lipinski definition) is 5. The van der Waals surface area contributed by atoms with Crippen LogP contribution >= 0.6 is 11.5 Å². The Morgan fingerprint density at radius 2 is 2.56 bits per heavy atom. The van der Waals surface area contributed by atoms with Crippen molar-refractivity contribution in [3.8, 4) is 0 Å². The number of carbonyl (C=O) groups excluding carboxylic acids is 1. The van der Waals surface area contributed by atoms with Crippen LogP contribution in [0.5, 0.6) is 0 Å². The summed E-state index contributed by atoms with van der Waals surface area (Å²) < 4.78 is 9.05. The highest BCUT2D eigenvalue weighted by Gasteiger charge is 2.19. The van der Waals surface area contributed by atoms with Crippen LogP contribution in [0.4, 0.5) is 0 Å². The number of nitrogens with one attached hydrogen (secondary N) is 1. The zero-order valence-corrected chi connectivity index (χ0v) is 10.0. The molecular weight excluding hydrogens is 226 g/mol. The third-order valence-corrected chi connectivity index (χ3v) is 3.44. The van der Waals surface area contributed by atoms with Crippen molar-refractivity contribution in [2.45, 2.75) is 19.8 Å². The van der Waals surface area contributed by atoms with Crippen molar-refractivity contribution in [3.05, 3.63) is 10.6 Å². The molecule has 6 heteroatoms. The molecule has 1 fully saturated rings. The lowest BCUT2D eigenvalue weighted by atomic mass is 10.1. The van der Waals surface area contributed by atoms with E-state index in [0.717, 1.165) is 43.3 Å². The second-order valence-electron chi connectivity index (χ2n) is 3.84. The van der Waals surface area contributed by atoms with Crippen LogP contribution in [-0.4, -0.2) is 35.3 Å². The Balaban J connectivity index is 1.87. The van der Waals surface area contributed by atoms with Gasteiger partial charge in [-0.05, 0) is 24.4 Å². The Bertz CT molecular complexity index is 361. The Morgan fingerprint density at radius 3 is 3.25 bits per heavy atom. The van der Waals surface area contributed by atoms with Crippen LogP contribution in [0, 0.1) is 5.92 Å². The third-order valence-electron chi connectivity index (χ3n) is 2.67. The van der Waals surface area contributed by atoms with Gasteiger partial charge in [-0.3, -0.25) is 4.79 Å². The maximum absolute atomic E-state index is 11.8. The first-order valence-electron chi connectivity index (χ1n) is 5.48. The summed E-state index contributed by atoms with van der Waals surface area (Å²) >= 11 is 1.16.